The molecule has 0 saturated carbocycles. The number of sulfonamides is 1. The standard InChI is InChI=1S/C12H25N3O2S/c1-10(2)14-8-12(9-14)18(16,17)15-6-5-13(4)7-11(15)3/h10-12H,5-9H2,1-4H3. The fourth-order valence-corrected chi connectivity index (χ4v) is 4.82. The van der Waals surface area contributed by atoms with Gasteiger partial charge in [-0.1, -0.05) is 0 Å². The summed E-state index contributed by atoms with van der Waals surface area (Å²) < 4.78 is 26.8. The van der Waals surface area contributed by atoms with Crippen LogP contribution in [0.4, 0.5) is 0 Å². The number of likely N-dealkylation sites (tertiary alicyclic amines) is 1. The predicted molar refractivity (Wildman–Crippen MR) is 73.1 cm³/mol. The van der Waals surface area contributed by atoms with E-state index in [1.807, 2.05) is 14.0 Å². The minimum Gasteiger partial charge on any atom is -0.303 e. The monoisotopic (exact) mass is 275 g/mol. The molecule has 2 rings (SSSR count). The molecule has 2 saturated heterocycles. The van der Waals surface area contributed by atoms with Gasteiger partial charge in [-0.3, -0.25) is 4.90 Å². The maximum atomic E-state index is 12.5. The molecule has 0 amide bonds. The lowest BCUT2D eigenvalue weighted by molar-refractivity contribution is 0.128. The molecule has 0 spiro atoms. The van der Waals surface area contributed by atoms with Gasteiger partial charge in [-0.2, -0.15) is 4.31 Å². The molecule has 18 heavy (non-hydrogen) atoms. The third-order valence-electron chi connectivity index (χ3n) is 4.12. The van der Waals surface area contributed by atoms with E-state index >= 15 is 0 Å². The zero-order chi connectivity index (χ0) is 13.5. The van der Waals surface area contributed by atoms with Crippen molar-refractivity contribution in [3.8, 4) is 0 Å². The molecule has 2 aliphatic heterocycles. The Balaban J connectivity index is 2.00. The molecule has 0 aromatic rings. The summed E-state index contributed by atoms with van der Waals surface area (Å²) in [4.78, 5) is 4.40. The van der Waals surface area contributed by atoms with Crippen LogP contribution in [-0.4, -0.2) is 79.6 Å². The zero-order valence-corrected chi connectivity index (χ0v) is 12.7. The van der Waals surface area contributed by atoms with Gasteiger partial charge in [-0.05, 0) is 27.8 Å². The van der Waals surface area contributed by atoms with Crippen molar-refractivity contribution in [1.29, 1.82) is 0 Å². The lowest BCUT2D eigenvalue weighted by Crippen LogP contribution is -2.63. The van der Waals surface area contributed by atoms with Crippen molar-refractivity contribution in [3.63, 3.8) is 0 Å². The van der Waals surface area contributed by atoms with Crippen LogP contribution < -0.4 is 0 Å². The molecule has 5 nitrogen and oxygen atoms in total. The molecule has 6 heteroatoms. The van der Waals surface area contributed by atoms with Crippen LogP contribution in [-0.2, 0) is 10.0 Å². The highest BCUT2D eigenvalue weighted by Crippen LogP contribution is 2.24. The van der Waals surface area contributed by atoms with Gasteiger partial charge in [0.1, 0.15) is 5.25 Å². The molecule has 0 N–H and O–H groups in total. The largest absolute Gasteiger partial charge is 0.303 e. The van der Waals surface area contributed by atoms with Gasteiger partial charge in [-0.25, -0.2) is 8.42 Å². The molecule has 2 heterocycles. The van der Waals surface area contributed by atoms with Crippen molar-refractivity contribution in [2.45, 2.75) is 38.1 Å². The second-order valence-electron chi connectivity index (χ2n) is 5.94. The number of rotatable bonds is 3. The molecule has 2 fully saturated rings. The molecule has 0 aliphatic carbocycles. The number of likely N-dealkylation sites (N-methyl/N-ethyl adjacent to an activating group) is 1. The minimum absolute atomic E-state index is 0.0989. The van der Waals surface area contributed by atoms with Crippen molar-refractivity contribution in [2.75, 3.05) is 39.8 Å². The molecule has 0 aromatic heterocycles. The van der Waals surface area contributed by atoms with Crippen LogP contribution in [0.1, 0.15) is 20.8 Å². The highest BCUT2D eigenvalue weighted by atomic mass is 32.2. The van der Waals surface area contributed by atoms with E-state index in [-0.39, 0.29) is 11.3 Å². The highest BCUT2D eigenvalue weighted by molar-refractivity contribution is 7.89. The van der Waals surface area contributed by atoms with Gasteiger partial charge in [-0.15, -0.1) is 0 Å². The maximum Gasteiger partial charge on any atom is 0.219 e. The average molecular weight is 275 g/mol. The van der Waals surface area contributed by atoms with E-state index < -0.39 is 10.0 Å². The summed E-state index contributed by atoms with van der Waals surface area (Å²) in [6, 6.07) is 0.545. The van der Waals surface area contributed by atoms with Gasteiger partial charge in [0.05, 0.1) is 0 Å². The lowest BCUT2D eigenvalue weighted by atomic mass is 10.1. The van der Waals surface area contributed by atoms with Crippen molar-refractivity contribution in [1.82, 2.24) is 14.1 Å². The van der Waals surface area contributed by atoms with Crippen LogP contribution in [0.2, 0.25) is 0 Å². The van der Waals surface area contributed by atoms with Gasteiger partial charge in [0, 0.05) is 44.8 Å². The third kappa shape index (κ3) is 2.57. The molecule has 0 aromatic carbocycles. The SMILES string of the molecule is CC(C)N1CC(S(=O)(=O)N2CCN(C)CC2C)C1. The molecular formula is C12H25N3O2S. The van der Waals surface area contributed by atoms with E-state index in [0.29, 0.717) is 25.7 Å². The number of nitrogens with zero attached hydrogens (tertiary/aromatic N) is 3. The third-order valence-corrected chi connectivity index (χ3v) is 6.46. The van der Waals surface area contributed by atoms with Crippen LogP contribution in [0.5, 0.6) is 0 Å². The fraction of sp³-hybridized carbons (Fsp3) is 1.00. The Bertz CT molecular complexity index is 390. The second-order valence-corrected chi connectivity index (χ2v) is 8.10. The quantitative estimate of drug-likeness (QED) is 0.730. The molecule has 106 valence electrons. The van der Waals surface area contributed by atoms with E-state index in [1.165, 1.54) is 0 Å². The lowest BCUT2D eigenvalue weighted by Gasteiger charge is -2.46. The average Bonchev–Trinajstić information content (AvgIpc) is 2.12. The summed E-state index contributed by atoms with van der Waals surface area (Å²) >= 11 is 0. The van der Waals surface area contributed by atoms with Crippen LogP contribution >= 0.6 is 0 Å². The zero-order valence-electron chi connectivity index (χ0n) is 11.8. The van der Waals surface area contributed by atoms with E-state index in [2.05, 4.69) is 23.6 Å². The van der Waals surface area contributed by atoms with Gasteiger partial charge in [0.15, 0.2) is 0 Å². The molecule has 1 unspecified atom stereocenters. The predicted octanol–water partition coefficient (Wildman–Crippen LogP) is 0.0447. The van der Waals surface area contributed by atoms with Crippen molar-refractivity contribution in [2.24, 2.45) is 0 Å². The Labute approximate surface area is 111 Å². The second kappa shape index (κ2) is 5.07. The summed E-state index contributed by atoms with van der Waals surface area (Å²) in [5.74, 6) is 0. The number of hydrogen-bond donors (Lipinski definition) is 0. The molecule has 1 atom stereocenters. The Morgan fingerprint density at radius 2 is 1.72 bits per heavy atom. The van der Waals surface area contributed by atoms with E-state index in [0.717, 1.165) is 13.1 Å². The molecular weight excluding hydrogens is 250 g/mol. The van der Waals surface area contributed by atoms with Gasteiger partial charge in [0.25, 0.3) is 0 Å². The smallest absolute Gasteiger partial charge is 0.219 e. The first-order valence-corrected chi connectivity index (χ1v) is 8.26. The normalized spacial score (nSPS) is 29.7. The Morgan fingerprint density at radius 1 is 1.11 bits per heavy atom. The fourth-order valence-electron chi connectivity index (χ4n) is 2.77. The first kappa shape index (κ1) is 14.2. The highest BCUT2D eigenvalue weighted by Gasteiger charge is 2.43. The summed E-state index contributed by atoms with van der Waals surface area (Å²) in [5.41, 5.74) is 0. The Hall–Kier alpha value is -0.170. The van der Waals surface area contributed by atoms with Crippen LogP contribution in [0, 0.1) is 0 Å². The topological polar surface area (TPSA) is 43.9 Å². The van der Waals surface area contributed by atoms with Crippen LogP contribution in [0.3, 0.4) is 0 Å². The van der Waals surface area contributed by atoms with Gasteiger partial charge in [0.2, 0.25) is 10.0 Å². The van der Waals surface area contributed by atoms with E-state index in [1.54, 1.807) is 4.31 Å². The maximum absolute atomic E-state index is 12.5. The van der Waals surface area contributed by atoms with Crippen molar-refractivity contribution in [3.05, 3.63) is 0 Å². The summed E-state index contributed by atoms with van der Waals surface area (Å²) in [6.45, 7) is 9.93. The molecule has 0 radical (unpaired) electrons. The Morgan fingerprint density at radius 3 is 2.22 bits per heavy atom. The van der Waals surface area contributed by atoms with Crippen LogP contribution in [0.15, 0.2) is 0 Å². The van der Waals surface area contributed by atoms with E-state index in [9.17, 15) is 8.42 Å². The minimum atomic E-state index is -3.10. The first-order chi connectivity index (χ1) is 8.32. The number of piperazine rings is 1. The summed E-state index contributed by atoms with van der Waals surface area (Å²) in [5, 5.41) is -0.189. The van der Waals surface area contributed by atoms with E-state index in [4.69, 9.17) is 0 Å². The van der Waals surface area contributed by atoms with Crippen molar-refractivity contribution >= 4 is 10.0 Å². The first-order valence-electron chi connectivity index (χ1n) is 6.75. The van der Waals surface area contributed by atoms with Gasteiger partial charge >= 0.3 is 0 Å². The van der Waals surface area contributed by atoms with Crippen LogP contribution in [0.25, 0.3) is 0 Å². The van der Waals surface area contributed by atoms with Crippen molar-refractivity contribution < 1.29 is 8.42 Å². The number of hydrogen-bond acceptors (Lipinski definition) is 4. The Kier molecular flexibility index (Phi) is 4.02. The molecule has 2 aliphatic rings. The summed E-state index contributed by atoms with van der Waals surface area (Å²) in [7, 11) is -1.05. The summed E-state index contributed by atoms with van der Waals surface area (Å²) in [6.07, 6.45) is 0. The van der Waals surface area contributed by atoms with Gasteiger partial charge < -0.3 is 4.90 Å². The molecule has 0 bridgehead atoms.